The Kier molecular flexibility index (Phi) is 4.50. The van der Waals surface area contributed by atoms with Gasteiger partial charge in [-0.05, 0) is 43.7 Å². The lowest BCUT2D eigenvalue weighted by Crippen LogP contribution is -2.44. The Balaban J connectivity index is 1.59. The van der Waals surface area contributed by atoms with Crippen molar-refractivity contribution in [2.24, 2.45) is 0 Å². The lowest BCUT2D eigenvalue weighted by Gasteiger charge is -2.35. The topological polar surface area (TPSA) is 38.5 Å². The number of aromatic nitrogens is 1. The summed E-state index contributed by atoms with van der Waals surface area (Å²) in [6.45, 7) is 7.04. The van der Waals surface area contributed by atoms with Gasteiger partial charge in [0.25, 0.3) is 0 Å². The van der Waals surface area contributed by atoms with Gasteiger partial charge in [-0.15, -0.1) is 0 Å². The van der Waals surface area contributed by atoms with Gasteiger partial charge >= 0.3 is 0 Å². The summed E-state index contributed by atoms with van der Waals surface area (Å²) in [5, 5.41) is 0.644. The molecule has 1 fully saturated rings. The van der Waals surface area contributed by atoms with Gasteiger partial charge in [0.05, 0.1) is 22.8 Å². The van der Waals surface area contributed by atoms with Crippen LogP contribution >= 0.6 is 11.6 Å². The van der Waals surface area contributed by atoms with E-state index >= 15 is 0 Å². The van der Waals surface area contributed by atoms with Crippen LogP contribution in [0.2, 0.25) is 5.02 Å². The van der Waals surface area contributed by atoms with Crippen molar-refractivity contribution in [1.82, 2.24) is 9.88 Å². The Hall–Kier alpha value is -1.88. The van der Waals surface area contributed by atoms with Crippen LogP contribution in [0.1, 0.15) is 19.4 Å². The van der Waals surface area contributed by atoms with Crippen molar-refractivity contribution in [2.45, 2.75) is 32.6 Å². The van der Waals surface area contributed by atoms with Crippen LogP contribution in [0.15, 0.2) is 46.9 Å². The fourth-order valence-electron chi connectivity index (χ4n) is 3.49. The molecule has 0 aliphatic carbocycles. The third-order valence-electron chi connectivity index (χ3n) is 4.46. The lowest BCUT2D eigenvalue weighted by atomic mass is 10.1. The molecule has 0 saturated carbocycles. The SMILES string of the molecule is C[C@@H]1CN(Cc2ccc3oc(-c4ccccc4Cl)nc3c2)C[C@@H](C)O1. The minimum atomic E-state index is 0.270. The normalized spacial score (nSPS) is 21.7. The molecule has 4 nitrogen and oxygen atoms in total. The molecule has 130 valence electrons. The van der Waals surface area contributed by atoms with E-state index in [0.29, 0.717) is 10.9 Å². The fourth-order valence-corrected chi connectivity index (χ4v) is 3.71. The number of oxazole rings is 1. The van der Waals surface area contributed by atoms with Crippen LogP contribution in [0.5, 0.6) is 0 Å². The maximum atomic E-state index is 6.26. The first-order chi connectivity index (χ1) is 12.1. The van der Waals surface area contributed by atoms with Crippen LogP contribution in [0.25, 0.3) is 22.6 Å². The molecule has 2 atom stereocenters. The van der Waals surface area contributed by atoms with E-state index in [1.54, 1.807) is 0 Å². The molecule has 1 aliphatic rings. The van der Waals surface area contributed by atoms with Gasteiger partial charge in [0.2, 0.25) is 5.89 Å². The highest BCUT2D eigenvalue weighted by molar-refractivity contribution is 6.33. The van der Waals surface area contributed by atoms with Gasteiger partial charge in [-0.2, -0.15) is 0 Å². The van der Waals surface area contributed by atoms with E-state index in [4.69, 9.17) is 20.8 Å². The fraction of sp³-hybridized carbons (Fsp3) is 0.350. The van der Waals surface area contributed by atoms with Gasteiger partial charge in [-0.3, -0.25) is 4.90 Å². The summed E-state index contributed by atoms with van der Waals surface area (Å²) in [6, 6.07) is 13.8. The van der Waals surface area contributed by atoms with Gasteiger partial charge in [-0.25, -0.2) is 4.98 Å². The molecule has 1 aliphatic heterocycles. The van der Waals surface area contributed by atoms with E-state index in [2.05, 4.69) is 35.9 Å². The van der Waals surface area contributed by atoms with Crippen molar-refractivity contribution < 1.29 is 9.15 Å². The standard InChI is InChI=1S/C20H21ClN2O2/c1-13-10-23(11-14(2)24-13)12-15-7-8-19-18(9-15)22-20(25-19)16-5-3-4-6-17(16)21/h3-9,13-14H,10-12H2,1-2H3/t13-,14-/m1/s1. The van der Waals surface area contributed by atoms with Gasteiger partial charge < -0.3 is 9.15 Å². The van der Waals surface area contributed by atoms with Gasteiger partial charge in [0, 0.05) is 19.6 Å². The van der Waals surface area contributed by atoms with Crippen molar-refractivity contribution >= 4 is 22.7 Å². The monoisotopic (exact) mass is 356 g/mol. The highest BCUT2D eigenvalue weighted by Gasteiger charge is 2.22. The van der Waals surface area contributed by atoms with Crippen molar-refractivity contribution in [3.05, 3.63) is 53.1 Å². The number of halogens is 1. The second-order valence-corrected chi connectivity index (χ2v) is 7.16. The molecule has 0 amide bonds. The van der Waals surface area contributed by atoms with E-state index < -0.39 is 0 Å². The van der Waals surface area contributed by atoms with Crippen molar-refractivity contribution in [2.75, 3.05) is 13.1 Å². The summed E-state index contributed by atoms with van der Waals surface area (Å²) in [5.41, 5.74) is 3.69. The van der Waals surface area contributed by atoms with Crippen molar-refractivity contribution in [3.63, 3.8) is 0 Å². The molecule has 5 heteroatoms. The average molecular weight is 357 g/mol. The molecule has 4 rings (SSSR count). The second-order valence-electron chi connectivity index (χ2n) is 6.75. The molecule has 0 spiro atoms. The summed E-state index contributed by atoms with van der Waals surface area (Å²) in [4.78, 5) is 7.06. The zero-order valence-corrected chi connectivity index (χ0v) is 15.2. The first-order valence-corrected chi connectivity index (χ1v) is 8.98. The van der Waals surface area contributed by atoms with Crippen LogP contribution in [0, 0.1) is 0 Å². The number of nitrogens with zero attached hydrogens (tertiary/aromatic N) is 2. The quantitative estimate of drug-likeness (QED) is 0.678. The summed E-state index contributed by atoms with van der Waals surface area (Å²) in [7, 11) is 0. The molecular formula is C20H21ClN2O2. The Labute approximate surface area is 152 Å². The average Bonchev–Trinajstić information content (AvgIpc) is 2.97. The number of morpholine rings is 1. The van der Waals surface area contributed by atoms with Crippen LogP contribution < -0.4 is 0 Å². The van der Waals surface area contributed by atoms with Crippen LogP contribution in [0.4, 0.5) is 0 Å². The highest BCUT2D eigenvalue weighted by atomic mass is 35.5. The number of benzene rings is 2. The minimum Gasteiger partial charge on any atom is -0.436 e. The highest BCUT2D eigenvalue weighted by Crippen LogP contribution is 2.30. The molecule has 1 saturated heterocycles. The smallest absolute Gasteiger partial charge is 0.228 e. The predicted octanol–water partition coefficient (Wildman–Crippen LogP) is 4.76. The first-order valence-electron chi connectivity index (χ1n) is 8.60. The molecule has 3 aromatic rings. The Morgan fingerprint density at radius 3 is 2.64 bits per heavy atom. The van der Waals surface area contributed by atoms with E-state index in [0.717, 1.165) is 36.3 Å². The van der Waals surface area contributed by atoms with Crippen LogP contribution in [0.3, 0.4) is 0 Å². The van der Waals surface area contributed by atoms with E-state index in [9.17, 15) is 0 Å². The summed E-state index contributed by atoms with van der Waals surface area (Å²) >= 11 is 6.26. The number of ether oxygens (including phenoxy) is 1. The third-order valence-corrected chi connectivity index (χ3v) is 4.79. The third kappa shape index (κ3) is 3.56. The van der Waals surface area contributed by atoms with Gasteiger partial charge in [-0.1, -0.05) is 29.8 Å². The number of fused-ring (bicyclic) bond motifs is 1. The molecule has 2 heterocycles. The molecular weight excluding hydrogens is 336 g/mol. The van der Waals surface area contributed by atoms with Crippen LogP contribution in [-0.4, -0.2) is 35.2 Å². The van der Waals surface area contributed by atoms with E-state index in [1.165, 1.54) is 5.56 Å². The number of rotatable bonds is 3. The minimum absolute atomic E-state index is 0.270. The zero-order valence-electron chi connectivity index (χ0n) is 14.4. The maximum Gasteiger partial charge on any atom is 0.228 e. The number of hydrogen-bond donors (Lipinski definition) is 0. The number of hydrogen-bond acceptors (Lipinski definition) is 4. The Morgan fingerprint density at radius 1 is 1.12 bits per heavy atom. The van der Waals surface area contributed by atoms with E-state index in [-0.39, 0.29) is 12.2 Å². The molecule has 1 aromatic heterocycles. The summed E-state index contributed by atoms with van der Waals surface area (Å²) < 4.78 is 11.7. The molecule has 2 aromatic carbocycles. The largest absolute Gasteiger partial charge is 0.436 e. The second kappa shape index (κ2) is 6.79. The lowest BCUT2D eigenvalue weighted by molar-refractivity contribution is -0.0704. The summed E-state index contributed by atoms with van der Waals surface area (Å²) in [5.74, 6) is 0.561. The molecule has 0 unspecified atom stereocenters. The summed E-state index contributed by atoms with van der Waals surface area (Å²) in [6.07, 6.45) is 0.540. The molecule has 0 radical (unpaired) electrons. The zero-order chi connectivity index (χ0) is 17.4. The first kappa shape index (κ1) is 16.6. The Bertz CT molecular complexity index is 882. The molecule has 25 heavy (non-hydrogen) atoms. The van der Waals surface area contributed by atoms with Gasteiger partial charge in [0.1, 0.15) is 5.52 Å². The van der Waals surface area contributed by atoms with Crippen molar-refractivity contribution in [3.8, 4) is 11.5 Å². The van der Waals surface area contributed by atoms with Crippen LogP contribution in [-0.2, 0) is 11.3 Å². The van der Waals surface area contributed by atoms with E-state index in [1.807, 2.05) is 30.3 Å². The molecule has 0 N–H and O–H groups in total. The maximum absolute atomic E-state index is 6.26. The van der Waals surface area contributed by atoms with Crippen molar-refractivity contribution in [1.29, 1.82) is 0 Å². The predicted molar refractivity (Wildman–Crippen MR) is 99.7 cm³/mol. The van der Waals surface area contributed by atoms with Gasteiger partial charge in [0.15, 0.2) is 5.58 Å². The Morgan fingerprint density at radius 2 is 1.88 bits per heavy atom. The molecule has 0 bridgehead atoms.